The summed E-state index contributed by atoms with van der Waals surface area (Å²) in [5.74, 6) is 0.251. The fraction of sp³-hybridized carbons (Fsp3) is 0.467. The van der Waals surface area contributed by atoms with Gasteiger partial charge in [0.15, 0.2) is 0 Å². The molecule has 24 heavy (non-hydrogen) atoms. The van der Waals surface area contributed by atoms with E-state index in [1.807, 2.05) is 0 Å². The van der Waals surface area contributed by atoms with Crippen molar-refractivity contribution >= 4 is 39.3 Å². The third kappa shape index (κ3) is 3.28. The van der Waals surface area contributed by atoms with E-state index in [0.717, 1.165) is 4.90 Å². The Morgan fingerprint density at radius 3 is 2.62 bits per heavy atom. The van der Waals surface area contributed by atoms with Gasteiger partial charge in [-0.25, -0.2) is 8.42 Å². The van der Waals surface area contributed by atoms with Gasteiger partial charge in [0, 0.05) is 37.5 Å². The summed E-state index contributed by atoms with van der Waals surface area (Å²) in [7, 11) is -3.63. The van der Waals surface area contributed by atoms with Crippen molar-refractivity contribution in [2.45, 2.75) is 23.1 Å². The van der Waals surface area contributed by atoms with Gasteiger partial charge in [0.1, 0.15) is 0 Å². The zero-order valence-corrected chi connectivity index (χ0v) is 15.0. The number of carbonyl (C=O) groups is 2. The summed E-state index contributed by atoms with van der Waals surface area (Å²) in [6.45, 7) is 3.18. The molecular weight excluding hydrogens is 350 g/mol. The molecule has 0 aliphatic carbocycles. The SMILES string of the molecule is CCC(=O)N1CCN(S(=O)(=O)c2ccc3c(c2)NC(=O)CS3)CC1. The van der Waals surface area contributed by atoms with E-state index in [4.69, 9.17) is 0 Å². The number of benzene rings is 1. The predicted octanol–water partition coefficient (Wildman–Crippen LogP) is 0.974. The van der Waals surface area contributed by atoms with E-state index in [9.17, 15) is 18.0 Å². The summed E-state index contributed by atoms with van der Waals surface area (Å²) in [5, 5.41) is 2.71. The molecule has 0 atom stereocenters. The number of hydrogen-bond donors (Lipinski definition) is 1. The number of thioether (sulfide) groups is 1. The maximum Gasteiger partial charge on any atom is 0.243 e. The number of anilines is 1. The Hall–Kier alpha value is -1.58. The van der Waals surface area contributed by atoms with Crippen LogP contribution in [0.15, 0.2) is 28.0 Å². The van der Waals surface area contributed by atoms with Gasteiger partial charge in [0.05, 0.1) is 16.3 Å². The first-order chi connectivity index (χ1) is 11.4. The van der Waals surface area contributed by atoms with Crippen LogP contribution in [0.5, 0.6) is 0 Å². The average Bonchev–Trinajstić information content (AvgIpc) is 2.60. The molecule has 1 fully saturated rings. The lowest BCUT2D eigenvalue weighted by molar-refractivity contribution is -0.132. The first kappa shape index (κ1) is 17.2. The maximum atomic E-state index is 12.8. The second kappa shape index (κ2) is 6.73. The molecule has 0 bridgehead atoms. The number of rotatable bonds is 3. The van der Waals surface area contributed by atoms with Crippen molar-refractivity contribution in [3.63, 3.8) is 0 Å². The van der Waals surface area contributed by atoms with Crippen molar-refractivity contribution < 1.29 is 18.0 Å². The number of fused-ring (bicyclic) bond motifs is 1. The highest BCUT2D eigenvalue weighted by Crippen LogP contribution is 2.33. The van der Waals surface area contributed by atoms with Gasteiger partial charge in [-0.15, -0.1) is 11.8 Å². The fourth-order valence-electron chi connectivity index (χ4n) is 2.77. The Bertz CT molecular complexity index is 771. The Labute approximate surface area is 145 Å². The number of nitrogens with one attached hydrogen (secondary N) is 1. The minimum atomic E-state index is -3.63. The van der Waals surface area contributed by atoms with Crippen molar-refractivity contribution in [2.24, 2.45) is 0 Å². The highest BCUT2D eigenvalue weighted by molar-refractivity contribution is 8.00. The normalized spacial score (nSPS) is 18.9. The van der Waals surface area contributed by atoms with E-state index < -0.39 is 10.0 Å². The van der Waals surface area contributed by atoms with E-state index in [1.165, 1.54) is 22.1 Å². The van der Waals surface area contributed by atoms with Crippen LogP contribution in [0.3, 0.4) is 0 Å². The first-order valence-corrected chi connectivity index (χ1v) is 10.2. The number of sulfonamides is 1. The molecule has 1 aromatic carbocycles. The Morgan fingerprint density at radius 1 is 1.25 bits per heavy atom. The number of hydrogen-bond acceptors (Lipinski definition) is 5. The van der Waals surface area contributed by atoms with Crippen LogP contribution >= 0.6 is 11.8 Å². The van der Waals surface area contributed by atoms with Crippen LogP contribution in [0, 0.1) is 0 Å². The van der Waals surface area contributed by atoms with E-state index >= 15 is 0 Å². The summed E-state index contributed by atoms with van der Waals surface area (Å²) in [4.78, 5) is 25.9. The van der Waals surface area contributed by atoms with Crippen molar-refractivity contribution in [1.29, 1.82) is 0 Å². The first-order valence-electron chi connectivity index (χ1n) is 7.76. The Kier molecular flexibility index (Phi) is 4.84. The van der Waals surface area contributed by atoms with Crippen LogP contribution in [0.4, 0.5) is 5.69 Å². The molecule has 3 rings (SSSR count). The summed E-state index contributed by atoms with van der Waals surface area (Å²) in [5.41, 5.74) is 0.539. The summed E-state index contributed by atoms with van der Waals surface area (Å²) in [6, 6.07) is 4.81. The van der Waals surface area contributed by atoms with Crippen molar-refractivity contribution in [1.82, 2.24) is 9.21 Å². The lowest BCUT2D eigenvalue weighted by Crippen LogP contribution is -2.50. The number of nitrogens with zero attached hydrogens (tertiary/aromatic N) is 2. The molecule has 0 aromatic heterocycles. The van der Waals surface area contributed by atoms with Crippen molar-refractivity contribution in [2.75, 3.05) is 37.2 Å². The molecule has 1 saturated heterocycles. The molecule has 7 nitrogen and oxygen atoms in total. The van der Waals surface area contributed by atoms with E-state index in [2.05, 4.69) is 5.32 Å². The number of piperazine rings is 1. The van der Waals surface area contributed by atoms with E-state index in [-0.39, 0.29) is 29.8 Å². The lowest BCUT2D eigenvalue weighted by Gasteiger charge is -2.34. The molecule has 9 heteroatoms. The molecule has 0 spiro atoms. The van der Waals surface area contributed by atoms with Crippen molar-refractivity contribution in [3.05, 3.63) is 18.2 Å². The molecule has 0 saturated carbocycles. The molecule has 1 N–H and O–H groups in total. The largest absolute Gasteiger partial charge is 0.340 e. The smallest absolute Gasteiger partial charge is 0.243 e. The number of carbonyl (C=O) groups excluding carboxylic acids is 2. The summed E-state index contributed by atoms with van der Waals surface area (Å²) in [6.07, 6.45) is 0.426. The van der Waals surface area contributed by atoms with Gasteiger partial charge in [0.2, 0.25) is 21.8 Å². The Balaban J connectivity index is 1.78. The summed E-state index contributed by atoms with van der Waals surface area (Å²) < 4.78 is 27.0. The molecule has 2 amide bonds. The molecule has 1 aromatic rings. The van der Waals surface area contributed by atoms with E-state index in [0.29, 0.717) is 31.0 Å². The predicted molar refractivity (Wildman–Crippen MR) is 91.4 cm³/mol. The standard InChI is InChI=1S/C15H19N3O4S2/c1-2-15(20)17-5-7-18(8-6-17)24(21,22)11-3-4-13-12(9-11)16-14(19)10-23-13/h3-4,9H,2,5-8,10H2,1H3,(H,16,19). The molecule has 2 aliphatic rings. The third-order valence-corrected chi connectivity index (χ3v) is 7.08. The van der Waals surface area contributed by atoms with Gasteiger partial charge in [0.25, 0.3) is 0 Å². The average molecular weight is 369 g/mol. The van der Waals surface area contributed by atoms with Gasteiger partial charge >= 0.3 is 0 Å². The summed E-state index contributed by atoms with van der Waals surface area (Å²) >= 11 is 1.39. The second-order valence-electron chi connectivity index (χ2n) is 5.63. The highest BCUT2D eigenvalue weighted by Gasteiger charge is 2.30. The van der Waals surface area contributed by atoms with Gasteiger partial charge in [-0.1, -0.05) is 6.92 Å². The van der Waals surface area contributed by atoms with Crippen LogP contribution in [0.25, 0.3) is 0 Å². The lowest BCUT2D eigenvalue weighted by atomic mass is 10.3. The zero-order chi connectivity index (χ0) is 17.3. The van der Waals surface area contributed by atoms with Gasteiger partial charge in [-0.05, 0) is 18.2 Å². The second-order valence-corrected chi connectivity index (χ2v) is 8.59. The van der Waals surface area contributed by atoms with Crippen LogP contribution in [0.1, 0.15) is 13.3 Å². The molecule has 130 valence electrons. The molecular formula is C15H19N3O4S2. The van der Waals surface area contributed by atoms with Gasteiger partial charge < -0.3 is 10.2 Å². The van der Waals surface area contributed by atoms with E-state index in [1.54, 1.807) is 24.0 Å². The number of amides is 2. The van der Waals surface area contributed by atoms with Crippen molar-refractivity contribution in [3.8, 4) is 0 Å². The minimum Gasteiger partial charge on any atom is -0.340 e. The molecule has 2 heterocycles. The third-order valence-electron chi connectivity index (χ3n) is 4.12. The van der Waals surface area contributed by atoms with Gasteiger partial charge in [-0.3, -0.25) is 9.59 Å². The molecule has 0 radical (unpaired) electrons. The minimum absolute atomic E-state index is 0.0422. The van der Waals surface area contributed by atoms with Crippen LogP contribution in [0.2, 0.25) is 0 Å². The molecule has 2 aliphatic heterocycles. The van der Waals surface area contributed by atoms with Gasteiger partial charge in [-0.2, -0.15) is 4.31 Å². The van der Waals surface area contributed by atoms with Crippen LogP contribution in [-0.4, -0.2) is 61.4 Å². The highest BCUT2D eigenvalue weighted by atomic mass is 32.2. The quantitative estimate of drug-likeness (QED) is 0.858. The molecule has 0 unspecified atom stereocenters. The van der Waals surface area contributed by atoms with Crippen LogP contribution < -0.4 is 5.32 Å². The van der Waals surface area contributed by atoms with Crippen LogP contribution in [-0.2, 0) is 19.6 Å². The zero-order valence-electron chi connectivity index (χ0n) is 13.3. The Morgan fingerprint density at radius 2 is 1.96 bits per heavy atom. The monoisotopic (exact) mass is 369 g/mol. The topological polar surface area (TPSA) is 86.8 Å². The fourth-order valence-corrected chi connectivity index (χ4v) is 5.01. The maximum absolute atomic E-state index is 12.8.